The molecule has 0 radical (unpaired) electrons. The maximum Gasteiger partial charge on any atom is 0.233 e. The lowest BCUT2D eigenvalue weighted by Gasteiger charge is -2.05. The number of nitrogens with two attached hydrogens (primary N) is 4. The summed E-state index contributed by atoms with van der Waals surface area (Å²) in [4.78, 5) is 30.2. The van der Waals surface area contributed by atoms with Gasteiger partial charge in [0.15, 0.2) is 0 Å². The largest absolute Gasteiger partial charge is 0.368 e. The molecule has 0 aliphatic rings. The van der Waals surface area contributed by atoms with Crippen LogP contribution in [-0.4, -0.2) is 36.1 Å². The number of aliphatic imine (C=N–C) groups is 1. The van der Waals surface area contributed by atoms with E-state index < -0.39 is 0 Å². The average Bonchev–Trinajstić information content (AvgIpc) is 3.13. The summed E-state index contributed by atoms with van der Waals surface area (Å²) in [5.41, 5.74) is 23.9. The van der Waals surface area contributed by atoms with E-state index in [1.165, 1.54) is 0 Å². The van der Waals surface area contributed by atoms with Gasteiger partial charge in [-0.25, -0.2) is 0 Å². The molecule has 4 aromatic rings. The second kappa shape index (κ2) is 8.54. The van der Waals surface area contributed by atoms with Gasteiger partial charge in [0.1, 0.15) is 5.82 Å². The average molecular weight is 434 g/mol. The fraction of sp³-hybridized carbons (Fsp3) is 0.0556. The Kier molecular flexibility index (Phi) is 5.49. The number of hydrogen-bond acceptors (Lipinski definition) is 13. The van der Waals surface area contributed by atoms with Gasteiger partial charge < -0.3 is 28.3 Å². The van der Waals surface area contributed by atoms with E-state index in [2.05, 4.69) is 40.2 Å². The summed E-state index contributed by atoms with van der Waals surface area (Å²) in [6.45, 7) is 0. The van der Waals surface area contributed by atoms with Crippen LogP contribution >= 0.6 is 11.3 Å². The molecular weight excluding hydrogens is 416 g/mol. The van der Waals surface area contributed by atoms with Crippen molar-refractivity contribution in [2.45, 2.75) is 6.42 Å². The monoisotopic (exact) mass is 434 g/mol. The molecule has 9 N–H and O–H groups in total. The molecule has 0 saturated heterocycles. The van der Waals surface area contributed by atoms with Gasteiger partial charge in [-0.2, -0.15) is 29.9 Å². The summed E-state index contributed by atoms with van der Waals surface area (Å²) in [6, 6.07) is 11.4. The molecular formula is C18H18N12S. The van der Waals surface area contributed by atoms with Crippen molar-refractivity contribution in [3.05, 3.63) is 52.0 Å². The van der Waals surface area contributed by atoms with Crippen molar-refractivity contribution >= 4 is 58.7 Å². The highest BCUT2D eigenvalue weighted by atomic mass is 32.1. The van der Waals surface area contributed by atoms with E-state index in [-0.39, 0.29) is 29.7 Å². The topological polar surface area (TPSA) is 206 Å². The summed E-state index contributed by atoms with van der Waals surface area (Å²) in [5.74, 6) is 1.12. The molecule has 4 rings (SSSR count). The zero-order valence-electron chi connectivity index (χ0n) is 16.1. The third-order valence-corrected chi connectivity index (χ3v) is 4.89. The van der Waals surface area contributed by atoms with Crippen molar-refractivity contribution in [2.75, 3.05) is 28.3 Å². The van der Waals surface area contributed by atoms with Crippen LogP contribution in [0.1, 0.15) is 15.6 Å². The van der Waals surface area contributed by atoms with Crippen LogP contribution in [0.4, 0.5) is 41.1 Å². The first kappa shape index (κ1) is 19.9. The van der Waals surface area contributed by atoms with Gasteiger partial charge in [-0.05, 0) is 36.4 Å². The first-order chi connectivity index (χ1) is 14.9. The van der Waals surface area contributed by atoms with Crippen LogP contribution in [0.15, 0.2) is 41.4 Å². The van der Waals surface area contributed by atoms with Gasteiger partial charge in [0.2, 0.25) is 29.7 Å². The maximum atomic E-state index is 5.61. The summed E-state index contributed by atoms with van der Waals surface area (Å²) >= 11 is 1.58. The maximum absolute atomic E-state index is 5.61. The van der Waals surface area contributed by atoms with E-state index in [9.17, 15) is 0 Å². The predicted octanol–water partition coefficient (Wildman–Crippen LogP) is 1.53. The minimum atomic E-state index is 0.0500. The number of rotatable bonds is 6. The number of aromatic nitrogens is 6. The number of anilines is 6. The van der Waals surface area contributed by atoms with Crippen LogP contribution in [-0.2, 0) is 6.42 Å². The molecule has 13 heteroatoms. The minimum absolute atomic E-state index is 0.0500. The quantitative estimate of drug-likeness (QED) is 0.275. The number of nitrogens with one attached hydrogen (secondary N) is 1. The van der Waals surface area contributed by atoms with Crippen molar-refractivity contribution in [1.82, 2.24) is 29.9 Å². The molecule has 3 aromatic heterocycles. The van der Waals surface area contributed by atoms with Crippen LogP contribution in [0.25, 0.3) is 0 Å². The number of benzene rings is 1. The van der Waals surface area contributed by atoms with Gasteiger partial charge in [0, 0.05) is 28.1 Å². The third kappa shape index (κ3) is 5.36. The molecule has 156 valence electrons. The molecule has 0 spiro atoms. The normalized spacial score (nSPS) is 11.1. The highest BCUT2D eigenvalue weighted by Gasteiger charge is 2.06. The summed E-state index contributed by atoms with van der Waals surface area (Å²) in [5, 5.41) is 3.01. The van der Waals surface area contributed by atoms with E-state index in [1.54, 1.807) is 17.6 Å². The highest BCUT2D eigenvalue weighted by molar-refractivity contribution is 7.13. The Morgan fingerprint density at radius 3 is 2.03 bits per heavy atom. The highest BCUT2D eigenvalue weighted by Crippen LogP contribution is 2.21. The van der Waals surface area contributed by atoms with E-state index in [0.717, 1.165) is 21.1 Å². The predicted molar refractivity (Wildman–Crippen MR) is 121 cm³/mol. The van der Waals surface area contributed by atoms with Crippen LogP contribution < -0.4 is 28.3 Å². The van der Waals surface area contributed by atoms with E-state index in [4.69, 9.17) is 22.9 Å². The van der Waals surface area contributed by atoms with Gasteiger partial charge in [0.25, 0.3) is 0 Å². The molecule has 0 bridgehead atoms. The molecule has 3 heterocycles. The zero-order chi connectivity index (χ0) is 21.8. The number of nitrogens with zero attached hydrogens (tertiary/aromatic N) is 7. The van der Waals surface area contributed by atoms with E-state index >= 15 is 0 Å². The van der Waals surface area contributed by atoms with Crippen molar-refractivity contribution in [1.29, 1.82) is 0 Å². The molecule has 0 amide bonds. The van der Waals surface area contributed by atoms with Gasteiger partial charge in [-0.3, -0.25) is 4.99 Å². The molecule has 0 fully saturated rings. The first-order valence-electron chi connectivity index (χ1n) is 8.96. The lowest BCUT2D eigenvalue weighted by Crippen LogP contribution is -2.06. The summed E-state index contributed by atoms with van der Waals surface area (Å²) < 4.78 is 0. The molecule has 0 saturated carbocycles. The van der Waals surface area contributed by atoms with Crippen LogP contribution in [0, 0.1) is 0 Å². The van der Waals surface area contributed by atoms with Crippen molar-refractivity contribution in [2.24, 2.45) is 4.99 Å². The number of hydrogen-bond donors (Lipinski definition) is 5. The first-order valence-corrected chi connectivity index (χ1v) is 9.77. The third-order valence-electron chi connectivity index (χ3n) is 3.87. The van der Waals surface area contributed by atoms with Crippen molar-refractivity contribution in [3.8, 4) is 0 Å². The van der Waals surface area contributed by atoms with Crippen molar-refractivity contribution in [3.63, 3.8) is 0 Å². The molecule has 0 unspecified atom stereocenters. The van der Waals surface area contributed by atoms with Gasteiger partial charge in [0.05, 0.1) is 5.69 Å². The Labute approximate surface area is 180 Å². The Hall–Kier alpha value is -4.39. The second-order valence-corrected chi connectivity index (χ2v) is 7.45. The minimum Gasteiger partial charge on any atom is -0.368 e. The molecule has 12 nitrogen and oxygen atoms in total. The van der Waals surface area contributed by atoms with Crippen LogP contribution in [0.2, 0.25) is 0 Å². The fourth-order valence-corrected chi connectivity index (χ4v) is 3.50. The Morgan fingerprint density at radius 1 is 0.774 bits per heavy atom. The van der Waals surface area contributed by atoms with Gasteiger partial charge >= 0.3 is 0 Å². The van der Waals surface area contributed by atoms with Crippen LogP contribution in [0.3, 0.4) is 0 Å². The summed E-state index contributed by atoms with van der Waals surface area (Å²) in [7, 11) is 0. The molecule has 1 aromatic carbocycles. The van der Waals surface area contributed by atoms with E-state index in [0.29, 0.717) is 12.2 Å². The number of thiophene rings is 1. The number of nitrogen functional groups attached to an aromatic ring is 4. The van der Waals surface area contributed by atoms with Crippen LogP contribution in [0.5, 0.6) is 0 Å². The summed E-state index contributed by atoms with van der Waals surface area (Å²) in [6.07, 6.45) is 2.31. The lowest BCUT2D eigenvalue weighted by atomic mass is 10.3. The SMILES string of the molecule is Nc1nc(N)nc(Cc2ccc(C=Nc3ccc(Nc4nc(N)nc(N)n4)cc3)s2)n1. The van der Waals surface area contributed by atoms with Gasteiger partial charge in [-0.1, -0.05) is 0 Å². The standard InChI is InChI=1S/C18H18N12S/c19-14-25-13(26-15(20)27-14)7-11-5-6-12(31-11)8-23-9-1-3-10(4-2-9)24-18-29-16(21)28-17(22)30-18/h1-6,8H,7H2,(H4,19,20,25,26,27)(H5,21,22,24,28,29,30). The molecule has 0 aliphatic heterocycles. The van der Waals surface area contributed by atoms with E-state index in [1.807, 2.05) is 36.4 Å². The lowest BCUT2D eigenvalue weighted by molar-refractivity contribution is 0.949. The molecule has 0 aliphatic carbocycles. The Balaban J connectivity index is 1.39. The van der Waals surface area contributed by atoms with Crippen molar-refractivity contribution < 1.29 is 0 Å². The second-order valence-electron chi connectivity index (χ2n) is 6.25. The Bertz CT molecular complexity index is 1190. The van der Waals surface area contributed by atoms with Gasteiger partial charge in [-0.15, -0.1) is 11.3 Å². The zero-order valence-corrected chi connectivity index (χ0v) is 16.9. The molecule has 0 atom stereocenters. The Morgan fingerprint density at radius 2 is 1.39 bits per heavy atom. The molecule has 31 heavy (non-hydrogen) atoms. The fourth-order valence-electron chi connectivity index (χ4n) is 2.61. The smallest absolute Gasteiger partial charge is 0.233 e.